The topological polar surface area (TPSA) is 76.3 Å². The van der Waals surface area contributed by atoms with Crippen molar-refractivity contribution in [1.82, 2.24) is 25.1 Å². The summed E-state index contributed by atoms with van der Waals surface area (Å²) in [6, 6.07) is 47.8. The largest absolute Gasteiger partial charge is 0.290 e. The lowest BCUT2D eigenvalue weighted by Crippen LogP contribution is -2.39. The predicted molar refractivity (Wildman–Crippen MR) is 195 cm³/mol. The summed E-state index contributed by atoms with van der Waals surface area (Å²) in [6.07, 6.45) is 1.62. The molecule has 0 N–H and O–H groups in total. The van der Waals surface area contributed by atoms with Gasteiger partial charge in [-0.1, -0.05) is 140 Å². The number of aromatic nitrogens is 4. The standard InChI is InChI=1S/C42H38N6O/c1-4-17-38-43-39(30(2)3)41(49)47(38)29-31-26-27-36(32-18-9-5-10-19-32)37(28-31)40-44-45-46-48(40)42(33-20-11-6-12-21-33,34-22-13-7-14-23-34)35-24-15-8-16-25-35/h5-16,18-28H,4,17,29H2,1-3H3. The van der Waals surface area contributed by atoms with E-state index in [-0.39, 0.29) is 5.91 Å². The van der Waals surface area contributed by atoms with Crippen LogP contribution in [-0.2, 0) is 16.9 Å². The molecule has 242 valence electrons. The molecule has 0 radical (unpaired) electrons. The average molecular weight is 643 g/mol. The fraction of sp³-hybridized carbons (Fsp3) is 0.167. The third kappa shape index (κ3) is 5.78. The molecule has 0 atom stereocenters. The van der Waals surface area contributed by atoms with Gasteiger partial charge in [-0.25, -0.2) is 9.67 Å². The van der Waals surface area contributed by atoms with Gasteiger partial charge in [0.25, 0.3) is 5.91 Å². The first kappa shape index (κ1) is 31.6. The zero-order valence-electron chi connectivity index (χ0n) is 28.0. The fourth-order valence-electron chi connectivity index (χ4n) is 6.80. The van der Waals surface area contributed by atoms with Gasteiger partial charge >= 0.3 is 0 Å². The summed E-state index contributed by atoms with van der Waals surface area (Å²) >= 11 is 0. The Morgan fingerprint density at radius 3 is 1.78 bits per heavy atom. The SMILES string of the molecule is CCCC1=NC(=C(C)C)C(=O)N1Cc1ccc(-c2ccccc2)c(-c2nnnn2C(c2ccccc2)(c2ccccc2)c2ccccc2)c1. The lowest BCUT2D eigenvalue weighted by molar-refractivity contribution is -0.123. The highest BCUT2D eigenvalue weighted by atomic mass is 16.2. The number of hydrogen-bond donors (Lipinski definition) is 0. The molecule has 2 heterocycles. The summed E-state index contributed by atoms with van der Waals surface area (Å²) in [6.45, 7) is 6.37. The van der Waals surface area contributed by atoms with E-state index in [9.17, 15) is 4.79 Å². The van der Waals surface area contributed by atoms with E-state index in [2.05, 4.69) is 115 Å². The number of amidine groups is 1. The van der Waals surface area contributed by atoms with Crippen molar-refractivity contribution in [3.8, 4) is 22.5 Å². The molecule has 6 aromatic rings. The van der Waals surface area contributed by atoms with Gasteiger partial charge < -0.3 is 0 Å². The van der Waals surface area contributed by atoms with Gasteiger partial charge in [0, 0.05) is 12.0 Å². The predicted octanol–water partition coefficient (Wildman–Crippen LogP) is 8.68. The molecule has 0 aliphatic carbocycles. The molecule has 7 heteroatoms. The summed E-state index contributed by atoms with van der Waals surface area (Å²) in [7, 11) is 0. The molecule has 0 spiro atoms. The second-order valence-corrected chi connectivity index (χ2v) is 12.5. The minimum atomic E-state index is -0.906. The van der Waals surface area contributed by atoms with Crippen molar-refractivity contribution in [2.24, 2.45) is 4.99 Å². The van der Waals surface area contributed by atoms with Crippen LogP contribution in [0.4, 0.5) is 0 Å². The van der Waals surface area contributed by atoms with E-state index >= 15 is 0 Å². The van der Waals surface area contributed by atoms with Crippen molar-refractivity contribution >= 4 is 11.7 Å². The highest BCUT2D eigenvalue weighted by Gasteiger charge is 2.42. The van der Waals surface area contributed by atoms with Gasteiger partial charge in [0.2, 0.25) is 0 Å². The van der Waals surface area contributed by atoms with E-state index in [0.717, 1.165) is 63.2 Å². The van der Waals surface area contributed by atoms with Crippen LogP contribution in [0.3, 0.4) is 0 Å². The van der Waals surface area contributed by atoms with Gasteiger partial charge in [0.1, 0.15) is 17.1 Å². The summed E-state index contributed by atoms with van der Waals surface area (Å²) in [4.78, 5) is 20.2. The number of tetrazole rings is 1. The molecular weight excluding hydrogens is 605 g/mol. The quantitative estimate of drug-likeness (QED) is 0.111. The van der Waals surface area contributed by atoms with Gasteiger partial charge in [-0.05, 0) is 75.7 Å². The Morgan fingerprint density at radius 1 is 0.694 bits per heavy atom. The Balaban J connectivity index is 1.47. The molecule has 5 aromatic carbocycles. The van der Waals surface area contributed by atoms with Crippen molar-refractivity contribution in [2.45, 2.75) is 45.7 Å². The molecule has 1 aliphatic rings. The van der Waals surface area contributed by atoms with E-state index < -0.39 is 5.54 Å². The number of nitrogens with zero attached hydrogens (tertiary/aromatic N) is 6. The van der Waals surface area contributed by atoms with Crippen LogP contribution < -0.4 is 0 Å². The lowest BCUT2D eigenvalue weighted by atomic mass is 9.77. The minimum Gasteiger partial charge on any atom is -0.290 e. The van der Waals surface area contributed by atoms with Crippen LogP contribution in [0.15, 0.2) is 156 Å². The Hall–Kier alpha value is -5.95. The Bertz CT molecular complexity index is 2040. The summed E-state index contributed by atoms with van der Waals surface area (Å²) in [5.41, 5.74) is 7.47. The van der Waals surface area contributed by atoms with Crippen LogP contribution in [-0.4, -0.2) is 36.8 Å². The third-order valence-electron chi connectivity index (χ3n) is 9.06. The average Bonchev–Trinajstić information content (AvgIpc) is 3.76. The lowest BCUT2D eigenvalue weighted by Gasteiger charge is -2.36. The van der Waals surface area contributed by atoms with Gasteiger partial charge in [-0.2, -0.15) is 0 Å². The number of carbonyl (C=O) groups is 1. The van der Waals surface area contributed by atoms with Crippen LogP contribution in [0.5, 0.6) is 0 Å². The van der Waals surface area contributed by atoms with Crippen LogP contribution in [0.25, 0.3) is 22.5 Å². The molecule has 0 saturated carbocycles. The Labute approximate surface area is 287 Å². The number of allylic oxidation sites excluding steroid dienone is 1. The summed E-state index contributed by atoms with van der Waals surface area (Å²) in [5.74, 6) is 1.36. The monoisotopic (exact) mass is 642 g/mol. The van der Waals surface area contributed by atoms with Gasteiger partial charge in [-0.3, -0.25) is 9.69 Å². The Kier molecular flexibility index (Phi) is 8.81. The van der Waals surface area contributed by atoms with Crippen molar-refractivity contribution in [1.29, 1.82) is 0 Å². The smallest absolute Gasteiger partial charge is 0.278 e. The second kappa shape index (κ2) is 13.6. The number of rotatable bonds is 10. The first-order chi connectivity index (χ1) is 24.0. The maximum Gasteiger partial charge on any atom is 0.278 e. The van der Waals surface area contributed by atoms with E-state index in [1.165, 1.54) is 0 Å². The molecule has 1 aromatic heterocycles. The van der Waals surface area contributed by atoms with Crippen molar-refractivity contribution < 1.29 is 4.79 Å². The minimum absolute atomic E-state index is 0.0572. The molecule has 0 fully saturated rings. The molecule has 0 saturated heterocycles. The molecule has 7 nitrogen and oxygen atoms in total. The number of carbonyl (C=O) groups excluding carboxylic acids is 1. The van der Waals surface area contributed by atoms with Crippen molar-refractivity contribution in [3.63, 3.8) is 0 Å². The second-order valence-electron chi connectivity index (χ2n) is 12.5. The van der Waals surface area contributed by atoms with E-state index in [4.69, 9.17) is 15.3 Å². The van der Waals surface area contributed by atoms with E-state index in [1.807, 2.05) is 59.8 Å². The van der Waals surface area contributed by atoms with Crippen molar-refractivity contribution in [3.05, 3.63) is 173 Å². The molecule has 1 aliphatic heterocycles. The zero-order valence-corrected chi connectivity index (χ0v) is 28.0. The van der Waals surface area contributed by atoms with E-state index in [1.54, 1.807) is 0 Å². The maximum absolute atomic E-state index is 13.6. The van der Waals surface area contributed by atoms with Gasteiger partial charge in [0.15, 0.2) is 5.82 Å². The zero-order chi connectivity index (χ0) is 33.8. The summed E-state index contributed by atoms with van der Waals surface area (Å²) in [5, 5.41) is 13.9. The fourth-order valence-corrected chi connectivity index (χ4v) is 6.80. The van der Waals surface area contributed by atoms with Gasteiger partial charge in [0.05, 0.1) is 6.54 Å². The van der Waals surface area contributed by atoms with Crippen LogP contribution >= 0.6 is 0 Å². The van der Waals surface area contributed by atoms with Crippen LogP contribution in [0.2, 0.25) is 0 Å². The normalized spacial score (nSPS) is 13.1. The molecule has 0 bridgehead atoms. The molecule has 0 unspecified atom stereocenters. The number of hydrogen-bond acceptors (Lipinski definition) is 5. The van der Waals surface area contributed by atoms with Gasteiger partial charge in [-0.15, -0.1) is 5.10 Å². The molecular formula is C42H38N6O. The van der Waals surface area contributed by atoms with Crippen LogP contribution in [0.1, 0.15) is 55.9 Å². The molecule has 7 rings (SSSR count). The third-order valence-corrected chi connectivity index (χ3v) is 9.06. The maximum atomic E-state index is 13.6. The van der Waals surface area contributed by atoms with Crippen LogP contribution in [0, 0.1) is 0 Å². The Morgan fingerprint density at radius 2 is 1.24 bits per heavy atom. The molecule has 1 amide bonds. The number of benzene rings is 5. The highest BCUT2D eigenvalue weighted by molar-refractivity contribution is 6.12. The first-order valence-electron chi connectivity index (χ1n) is 16.7. The summed E-state index contributed by atoms with van der Waals surface area (Å²) < 4.78 is 1.96. The van der Waals surface area contributed by atoms with E-state index in [0.29, 0.717) is 18.1 Å². The number of amides is 1. The molecule has 49 heavy (non-hydrogen) atoms. The number of aliphatic imine (C=N–C) groups is 1. The highest BCUT2D eigenvalue weighted by Crippen LogP contribution is 2.43. The van der Waals surface area contributed by atoms with Crippen molar-refractivity contribution in [2.75, 3.05) is 0 Å². The first-order valence-corrected chi connectivity index (χ1v) is 16.7.